The molecular weight excluding hydrogens is 495 g/mol. The maximum atomic E-state index is 13.4. The number of sulfonamides is 1. The van der Waals surface area contributed by atoms with Crippen LogP contribution in [0, 0.1) is 5.92 Å². The number of amides is 2. The maximum absolute atomic E-state index is 13.4. The van der Waals surface area contributed by atoms with Crippen molar-refractivity contribution in [2.75, 3.05) is 30.2 Å². The molecule has 0 aliphatic carbocycles. The number of carbonyl (C=O) groups is 2. The highest BCUT2D eigenvalue weighted by atomic mass is 32.2. The molecule has 11 heteroatoms. The molecule has 0 spiro atoms. The normalized spacial score (nSPS) is 12.8. The summed E-state index contributed by atoms with van der Waals surface area (Å²) in [6.07, 6.45) is -3.47. The quantitative estimate of drug-likeness (QED) is 0.483. The van der Waals surface area contributed by atoms with Crippen molar-refractivity contribution in [2.24, 2.45) is 5.92 Å². The number of halogens is 3. The van der Waals surface area contributed by atoms with E-state index >= 15 is 0 Å². The van der Waals surface area contributed by atoms with Gasteiger partial charge in [0.05, 0.1) is 17.5 Å². The number of alkyl halides is 3. The zero-order chi connectivity index (χ0) is 27.1. The molecule has 1 N–H and O–H groups in total. The predicted octanol–water partition coefficient (Wildman–Crippen LogP) is 3.70. The molecule has 0 aliphatic heterocycles. The van der Waals surface area contributed by atoms with Crippen LogP contribution in [-0.4, -0.2) is 57.1 Å². The molecule has 2 amide bonds. The van der Waals surface area contributed by atoms with Crippen molar-refractivity contribution in [1.82, 2.24) is 10.2 Å². The average molecular weight is 528 g/mol. The van der Waals surface area contributed by atoms with Gasteiger partial charge in [-0.25, -0.2) is 8.42 Å². The molecule has 1 atom stereocenters. The van der Waals surface area contributed by atoms with Gasteiger partial charge in [0.15, 0.2) is 0 Å². The first kappa shape index (κ1) is 29.2. The Morgan fingerprint density at radius 2 is 1.64 bits per heavy atom. The highest BCUT2D eigenvalue weighted by Gasteiger charge is 2.33. The molecule has 0 unspecified atom stereocenters. The Kier molecular flexibility index (Phi) is 9.92. The van der Waals surface area contributed by atoms with Crippen molar-refractivity contribution in [3.63, 3.8) is 0 Å². The first-order valence-corrected chi connectivity index (χ1v) is 13.3. The van der Waals surface area contributed by atoms with Gasteiger partial charge in [0.25, 0.3) is 0 Å². The lowest BCUT2D eigenvalue weighted by atomic mass is 10.1. The second-order valence-electron chi connectivity index (χ2n) is 8.96. The Labute approximate surface area is 210 Å². The summed E-state index contributed by atoms with van der Waals surface area (Å²) in [5.74, 6) is -0.938. The lowest BCUT2D eigenvalue weighted by molar-refractivity contribution is -0.138. The van der Waals surface area contributed by atoms with E-state index in [-0.39, 0.29) is 18.2 Å². The summed E-state index contributed by atoms with van der Waals surface area (Å²) in [5, 5.41) is 2.77. The molecule has 0 saturated heterocycles. The molecule has 2 aromatic carbocycles. The van der Waals surface area contributed by atoms with Gasteiger partial charge < -0.3 is 10.2 Å². The number of anilines is 1. The van der Waals surface area contributed by atoms with E-state index < -0.39 is 46.2 Å². The fourth-order valence-corrected chi connectivity index (χ4v) is 4.32. The van der Waals surface area contributed by atoms with Gasteiger partial charge in [-0.05, 0) is 43.0 Å². The van der Waals surface area contributed by atoms with Gasteiger partial charge in [0.2, 0.25) is 21.8 Å². The predicted molar refractivity (Wildman–Crippen MR) is 133 cm³/mol. The summed E-state index contributed by atoms with van der Waals surface area (Å²) in [6.45, 7) is 5.12. The van der Waals surface area contributed by atoms with Crippen LogP contribution in [0.3, 0.4) is 0 Å². The summed E-state index contributed by atoms with van der Waals surface area (Å²) in [5.41, 5.74) is -0.424. The van der Waals surface area contributed by atoms with E-state index in [0.29, 0.717) is 23.3 Å². The van der Waals surface area contributed by atoms with E-state index in [1.54, 1.807) is 0 Å². The van der Waals surface area contributed by atoms with E-state index in [9.17, 15) is 31.2 Å². The third kappa shape index (κ3) is 8.54. The summed E-state index contributed by atoms with van der Waals surface area (Å²) < 4.78 is 65.3. The maximum Gasteiger partial charge on any atom is 0.416 e. The monoisotopic (exact) mass is 527 g/mol. The second kappa shape index (κ2) is 12.2. The van der Waals surface area contributed by atoms with Crippen LogP contribution < -0.4 is 9.62 Å². The van der Waals surface area contributed by atoms with Gasteiger partial charge in [0.1, 0.15) is 12.6 Å². The van der Waals surface area contributed by atoms with Crippen molar-refractivity contribution < 1.29 is 31.2 Å². The van der Waals surface area contributed by atoms with Crippen LogP contribution in [0.4, 0.5) is 18.9 Å². The van der Waals surface area contributed by atoms with Gasteiger partial charge in [0, 0.05) is 13.1 Å². The Morgan fingerprint density at radius 3 is 2.19 bits per heavy atom. The minimum absolute atomic E-state index is 0.110. The van der Waals surface area contributed by atoms with Crippen LogP contribution in [0.15, 0.2) is 54.6 Å². The fourth-order valence-electron chi connectivity index (χ4n) is 3.47. The third-order valence-electron chi connectivity index (χ3n) is 5.48. The molecular formula is C25H32F3N3O4S. The van der Waals surface area contributed by atoms with Gasteiger partial charge in [-0.1, -0.05) is 50.2 Å². The Hall–Kier alpha value is -3.08. The van der Waals surface area contributed by atoms with E-state index in [1.165, 1.54) is 17.9 Å². The standard InChI is InChI=1S/C25H32F3N3O4S/c1-18(2)16-29-24(33)19(3)30(14-13-20-9-6-5-7-10-20)23(32)17-31(36(4,34)35)22-12-8-11-21(15-22)25(26,27)28/h5-12,15,18-19H,13-14,16-17H2,1-4H3,(H,29,33)/t19-/m1/s1. The Balaban J connectivity index is 2.35. The molecule has 2 aromatic rings. The molecule has 0 bridgehead atoms. The van der Waals surface area contributed by atoms with Gasteiger partial charge in [-0.3, -0.25) is 13.9 Å². The van der Waals surface area contributed by atoms with Gasteiger partial charge in [-0.2, -0.15) is 13.2 Å². The molecule has 0 saturated carbocycles. The zero-order valence-corrected chi connectivity index (χ0v) is 21.6. The number of rotatable bonds is 11. The molecule has 198 valence electrons. The fraction of sp³-hybridized carbons (Fsp3) is 0.440. The lowest BCUT2D eigenvalue weighted by Gasteiger charge is -2.31. The van der Waals surface area contributed by atoms with Crippen LogP contribution in [0.25, 0.3) is 0 Å². The summed E-state index contributed by atoms with van der Waals surface area (Å²) in [6, 6.07) is 12.1. The Bertz CT molecular complexity index is 1140. The number of nitrogens with one attached hydrogen (secondary N) is 1. The number of benzene rings is 2. The summed E-state index contributed by atoms with van der Waals surface area (Å²) in [4.78, 5) is 27.4. The average Bonchev–Trinajstić information content (AvgIpc) is 2.80. The number of hydrogen-bond donors (Lipinski definition) is 1. The van der Waals surface area contributed by atoms with Crippen LogP contribution in [0.2, 0.25) is 0 Å². The van der Waals surface area contributed by atoms with Crippen LogP contribution in [0.1, 0.15) is 31.9 Å². The molecule has 36 heavy (non-hydrogen) atoms. The SMILES string of the molecule is CC(C)CNC(=O)[C@@H](C)N(CCc1ccccc1)C(=O)CN(c1cccc(C(F)(F)F)c1)S(C)(=O)=O. The second-order valence-corrected chi connectivity index (χ2v) is 10.9. The van der Waals surface area contributed by atoms with Crippen molar-refractivity contribution in [3.05, 3.63) is 65.7 Å². The van der Waals surface area contributed by atoms with E-state index in [4.69, 9.17) is 0 Å². The van der Waals surface area contributed by atoms with Gasteiger partial charge >= 0.3 is 6.18 Å². The molecule has 0 radical (unpaired) electrons. The first-order valence-electron chi connectivity index (χ1n) is 11.5. The zero-order valence-electron chi connectivity index (χ0n) is 20.7. The topological polar surface area (TPSA) is 86.8 Å². The highest BCUT2D eigenvalue weighted by molar-refractivity contribution is 7.92. The summed E-state index contributed by atoms with van der Waals surface area (Å²) in [7, 11) is -4.13. The van der Waals surface area contributed by atoms with E-state index in [2.05, 4.69) is 5.32 Å². The largest absolute Gasteiger partial charge is 0.416 e. The molecule has 0 fully saturated rings. The highest BCUT2D eigenvalue weighted by Crippen LogP contribution is 2.32. The molecule has 0 heterocycles. The van der Waals surface area contributed by atoms with Crippen LogP contribution in [0.5, 0.6) is 0 Å². The first-order chi connectivity index (χ1) is 16.7. The third-order valence-corrected chi connectivity index (χ3v) is 6.62. The molecule has 2 rings (SSSR count). The van der Waals surface area contributed by atoms with Crippen molar-refractivity contribution >= 4 is 27.5 Å². The Morgan fingerprint density at radius 1 is 1.00 bits per heavy atom. The van der Waals surface area contributed by atoms with E-state index in [1.807, 2.05) is 44.2 Å². The van der Waals surface area contributed by atoms with Crippen molar-refractivity contribution in [1.29, 1.82) is 0 Å². The van der Waals surface area contributed by atoms with Crippen molar-refractivity contribution in [3.8, 4) is 0 Å². The number of hydrogen-bond acceptors (Lipinski definition) is 4. The number of carbonyl (C=O) groups excluding carboxylic acids is 2. The molecule has 7 nitrogen and oxygen atoms in total. The lowest BCUT2D eigenvalue weighted by Crippen LogP contribution is -2.52. The smallest absolute Gasteiger partial charge is 0.354 e. The van der Waals surface area contributed by atoms with Gasteiger partial charge in [-0.15, -0.1) is 0 Å². The minimum atomic E-state index is -4.69. The minimum Gasteiger partial charge on any atom is -0.354 e. The van der Waals surface area contributed by atoms with Crippen molar-refractivity contribution in [2.45, 2.75) is 39.4 Å². The summed E-state index contributed by atoms with van der Waals surface area (Å²) >= 11 is 0. The molecule has 0 aliphatic rings. The van der Waals surface area contributed by atoms with Crippen LogP contribution in [-0.2, 0) is 32.2 Å². The number of nitrogens with zero attached hydrogens (tertiary/aromatic N) is 2. The van der Waals surface area contributed by atoms with Crippen LogP contribution >= 0.6 is 0 Å². The van der Waals surface area contributed by atoms with E-state index in [0.717, 1.165) is 24.0 Å². The molecule has 0 aromatic heterocycles.